The Morgan fingerprint density at radius 3 is 2.34 bits per heavy atom. The third-order valence-electron chi connectivity index (χ3n) is 7.70. The lowest BCUT2D eigenvalue weighted by Crippen LogP contribution is -2.43. The molecular weight excluding hydrogens is 577 g/mol. The SMILES string of the molecule is COc1cc([C@@H]2c3cc4c(cc3[C@@H](NC(=O)OCc3ccc(Cl)cc3Cl)[C@H]3COC(=O)[C@H]23)OCO4)cc(OC)c1O. The van der Waals surface area contributed by atoms with E-state index in [0.717, 1.165) is 5.56 Å². The number of cyclic esters (lactones) is 1. The van der Waals surface area contributed by atoms with Gasteiger partial charge in [0.2, 0.25) is 12.5 Å². The van der Waals surface area contributed by atoms with Crippen LogP contribution in [0.4, 0.5) is 4.79 Å². The van der Waals surface area contributed by atoms with E-state index in [1.807, 2.05) is 6.07 Å². The van der Waals surface area contributed by atoms with Crippen LogP contribution >= 0.6 is 23.2 Å². The van der Waals surface area contributed by atoms with Gasteiger partial charge in [-0.25, -0.2) is 4.79 Å². The van der Waals surface area contributed by atoms with E-state index >= 15 is 0 Å². The molecule has 1 aliphatic carbocycles. The van der Waals surface area contributed by atoms with E-state index in [2.05, 4.69) is 5.32 Å². The highest BCUT2D eigenvalue weighted by atomic mass is 35.5. The molecule has 0 aromatic heterocycles. The van der Waals surface area contributed by atoms with E-state index in [-0.39, 0.29) is 37.3 Å². The summed E-state index contributed by atoms with van der Waals surface area (Å²) in [6.07, 6.45) is -0.700. The van der Waals surface area contributed by atoms with Crippen LogP contribution in [0.5, 0.6) is 28.7 Å². The minimum atomic E-state index is -0.700. The van der Waals surface area contributed by atoms with Crippen LogP contribution in [0.25, 0.3) is 0 Å². The van der Waals surface area contributed by atoms with Crippen molar-refractivity contribution in [3.05, 3.63) is 74.8 Å². The first-order valence-electron chi connectivity index (χ1n) is 12.7. The Morgan fingerprint density at radius 2 is 1.68 bits per heavy atom. The van der Waals surface area contributed by atoms with Crippen molar-refractivity contribution in [3.63, 3.8) is 0 Å². The Balaban J connectivity index is 1.40. The summed E-state index contributed by atoms with van der Waals surface area (Å²) in [5, 5.41) is 14.3. The summed E-state index contributed by atoms with van der Waals surface area (Å²) < 4.78 is 33.1. The van der Waals surface area contributed by atoms with Gasteiger partial charge in [0.25, 0.3) is 0 Å². The number of ether oxygens (including phenoxy) is 6. The van der Waals surface area contributed by atoms with Crippen LogP contribution in [0.3, 0.4) is 0 Å². The lowest BCUT2D eigenvalue weighted by molar-refractivity contribution is -0.141. The fourth-order valence-electron chi connectivity index (χ4n) is 5.79. The van der Waals surface area contributed by atoms with Gasteiger partial charge in [-0.1, -0.05) is 29.3 Å². The molecule has 6 rings (SSSR count). The van der Waals surface area contributed by atoms with Gasteiger partial charge in [0.15, 0.2) is 23.0 Å². The van der Waals surface area contributed by atoms with E-state index in [4.69, 9.17) is 51.6 Å². The lowest BCUT2D eigenvalue weighted by atomic mass is 9.65. The molecule has 214 valence electrons. The third kappa shape index (κ3) is 4.81. The number of phenols is 1. The van der Waals surface area contributed by atoms with Gasteiger partial charge in [-0.05, 0) is 53.1 Å². The zero-order valence-electron chi connectivity index (χ0n) is 21.9. The normalized spacial score (nSPS) is 21.9. The van der Waals surface area contributed by atoms with Crippen LogP contribution in [0.15, 0.2) is 42.5 Å². The third-order valence-corrected chi connectivity index (χ3v) is 8.28. The Morgan fingerprint density at radius 1 is 1.00 bits per heavy atom. The highest BCUT2D eigenvalue weighted by Gasteiger charge is 2.53. The molecule has 0 bridgehead atoms. The number of carbonyl (C=O) groups excluding carboxylic acids is 2. The molecule has 1 amide bonds. The molecule has 0 saturated carbocycles. The molecule has 0 radical (unpaired) electrons. The van der Waals surface area contributed by atoms with Gasteiger partial charge < -0.3 is 38.8 Å². The van der Waals surface area contributed by atoms with Gasteiger partial charge >= 0.3 is 12.1 Å². The van der Waals surface area contributed by atoms with E-state index < -0.39 is 35.9 Å². The Hall–Kier alpha value is -4.02. The summed E-state index contributed by atoms with van der Waals surface area (Å²) in [5.41, 5.74) is 2.68. The minimum Gasteiger partial charge on any atom is -0.502 e. The molecule has 1 fully saturated rings. The maximum atomic E-state index is 13.3. The summed E-state index contributed by atoms with van der Waals surface area (Å²) in [6, 6.07) is 11.2. The van der Waals surface area contributed by atoms with Crippen molar-refractivity contribution in [2.45, 2.75) is 18.6 Å². The van der Waals surface area contributed by atoms with Gasteiger partial charge in [-0.15, -0.1) is 0 Å². The van der Waals surface area contributed by atoms with Crippen molar-refractivity contribution in [2.24, 2.45) is 11.8 Å². The van der Waals surface area contributed by atoms with Crippen molar-refractivity contribution in [1.29, 1.82) is 0 Å². The van der Waals surface area contributed by atoms with Gasteiger partial charge in [-0.3, -0.25) is 4.79 Å². The number of esters is 1. The molecule has 0 spiro atoms. The number of aromatic hydroxyl groups is 1. The van der Waals surface area contributed by atoms with E-state index in [0.29, 0.717) is 38.2 Å². The largest absolute Gasteiger partial charge is 0.502 e. The Bertz CT molecular complexity index is 1520. The first-order chi connectivity index (χ1) is 19.8. The highest BCUT2D eigenvalue weighted by Crippen LogP contribution is 2.55. The summed E-state index contributed by atoms with van der Waals surface area (Å²) in [6.45, 7) is 0.0383. The standard InChI is InChI=1S/C29H25Cl2NO9/c1-36-22-5-14(6-23(37-2)27(22)33)24-16-8-20-21(41-12-40-20)9-17(16)26(18-11-38-28(34)25(18)24)32-29(35)39-10-13-3-4-15(30)7-19(13)31/h3-9,18,24-26,33H,10-12H2,1-2H3,(H,32,35)/t18-,24+,25-,26+/m0/s1. The number of nitrogens with one attached hydrogen (secondary N) is 1. The summed E-state index contributed by atoms with van der Waals surface area (Å²) in [4.78, 5) is 26.3. The molecular formula is C29H25Cl2NO9. The molecule has 3 aliphatic rings. The van der Waals surface area contributed by atoms with Crippen LogP contribution < -0.4 is 24.3 Å². The van der Waals surface area contributed by atoms with Gasteiger partial charge in [-0.2, -0.15) is 0 Å². The topological polar surface area (TPSA) is 122 Å². The molecule has 3 aromatic rings. The van der Waals surface area contributed by atoms with Crippen LogP contribution in [-0.4, -0.2) is 44.8 Å². The molecule has 0 unspecified atom stereocenters. The van der Waals surface area contributed by atoms with Crippen molar-refractivity contribution in [2.75, 3.05) is 27.6 Å². The monoisotopic (exact) mass is 601 g/mol. The average molecular weight is 602 g/mol. The highest BCUT2D eigenvalue weighted by molar-refractivity contribution is 6.35. The summed E-state index contributed by atoms with van der Waals surface area (Å²) >= 11 is 12.2. The maximum absolute atomic E-state index is 13.3. The fraction of sp³-hybridized carbons (Fsp3) is 0.310. The number of hydrogen-bond donors (Lipinski definition) is 2. The van der Waals surface area contributed by atoms with E-state index in [9.17, 15) is 14.7 Å². The fourth-order valence-corrected chi connectivity index (χ4v) is 6.25. The van der Waals surface area contributed by atoms with Gasteiger partial charge in [0.1, 0.15) is 6.61 Å². The smallest absolute Gasteiger partial charge is 0.407 e. The molecule has 1 saturated heterocycles. The number of benzene rings is 3. The number of rotatable bonds is 6. The minimum absolute atomic E-state index is 0.0423. The number of halogens is 2. The van der Waals surface area contributed by atoms with Crippen molar-refractivity contribution >= 4 is 35.3 Å². The van der Waals surface area contributed by atoms with Crippen LogP contribution in [0, 0.1) is 11.8 Å². The number of hydrogen-bond acceptors (Lipinski definition) is 9. The molecule has 2 aliphatic heterocycles. The maximum Gasteiger partial charge on any atom is 0.407 e. The Labute approximate surface area is 244 Å². The average Bonchev–Trinajstić information content (AvgIpc) is 3.58. The summed E-state index contributed by atoms with van der Waals surface area (Å²) in [5.74, 6) is -0.837. The number of amides is 1. The number of carbonyl (C=O) groups is 2. The second-order valence-corrected chi connectivity index (χ2v) is 10.7. The second-order valence-electron chi connectivity index (χ2n) is 9.84. The van der Waals surface area contributed by atoms with Crippen LogP contribution in [0.1, 0.15) is 34.2 Å². The molecule has 4 atom stereocenters. The predicted octanol–water partition coefficient (Wildman–Crippen LogP) is 5.35. The van der Waals surface area contributed by atoms with Crippen molar-refractivity contribution < 1.29 is 43.1 Å². The molecule has 12 heteroatoms. The second kappa shape index (κ2) is 10.8. The number of fused-ring (bicyclic) bond motifs is 3. The molecule has 3 aromatic carbocycles. The van der Waals surface area contributed by atoms with Crippen LogP contribution in [0.2, 0.25) is 10.0 Å². The predicted molar refractivity (Wildman–Crippen MR) is 146 cm³/mol. The van der Waals surface area contributed by atoms with Crippen molar-refractivity contribution in [3.8, 4) is 28.7 Å². The van der Waals surface area contributed by atoms with E-state index in [1.54, 1.807) is 36.4 Å². The summed E-state index contributed by atoms with van der Waals surface area (Å²) in [7, 11) is 2.86. The lowest BCUT2D eigenvalue weighted by Gasteiger charge is -2.39. The molecule has 10 nitrogen and oxygen atoms in total. The van der Waals surface area contributed by atoms with Crippen molar-refractivity contribution in [1.82, 2.24) is 5.32 Å². The van der Waals surface area contributed by atoms with Crippen LogP contribution in [-0.2, 0) is 20.9 Å². The van der Waals surface area contributed by atoms with Gasteiger partial charge in [0, 0.05) is 27.4 Å². The number of phenolic OH excluding ortho intramolecular Hbond substituents is 1. The Kier molecular flexibility index (Phi) is 7.13. The first kappa shape index (κ1) is 27.2. The first-order valence-corrected chi connectivity index (χ1v) is 13.5. The zero-order chi connectivity index (χ0) is 28.8. The number of alkyl carbamates (subject to hydrolysis) is 1. The zero-order valence-corrected chi connectivity index (χ0v) is 23.5. The van der Waals surface area contributed by atoms with E-state index in [1.165, 1.54) is 14.2 Å². The molecule has 41 heavy (non-hydrogen) atoms. The number of methoxy groups -OCH3 is 2. The molecule has 2 heterocycles. The molecule has 2 N–H and O–H groups in total. The quantitative estimate of drug-likeness (QED) is 0.360. The van der Waals surface area contributed by atoms with Gasteiger partial charge in [0.05, 0.1) is 32.8 Å².